The third kappa shape index (κ3) is 0.939. The zero-order valence-corrected chi connectivity index (χ0v) is 8.29. The van der Waals surface area contributed by atoms with Gasteiger partial charge in [-0.25, -0.2) is 0 Å². The highest BCUT2D eigenvalue weighted by molar-refractivity contribution is 5.74. The van der Waals surface area contributed by atoms with Gasteiger partial charge in [-0.15, -0.1) is 0 Å². The molecule has 0 atom stereocenters. The lowest BCUT2D eigenvalue weighted by atomic mass is 10.1. The molecule has 3 rings (SSSR count). The van der Waals surface area contributed by atoms with Crippen molar-refractivity contribution < 1.29 is 4.42 Å². The molecule has 2 nitrogen and oxygen atoms in total. The summed E-state index contributed by atoms with van der Waals surface area (Å²) in [6.45, 7) is 4.05. The summed E-state index contributed by atoms with van der Waals surface area (Å²) < 4.78 is 5.61. The molecule has 2 aromatic rings. The van der Waals surface area contributed by atoms with Gasteiger partial charge in [-0.2, -0.15) is 0 Å². The van der Waals surface area contributed by atoms with Crippen molar-refractivity contribution in [1.82, 2.24) is 4.98 Å². The minimum atomic E-state index is 0.846. The number of aromatic nitrogens is 1. The fourth-order valence-corrected chi connectivity index (χ4v) is 2.05. The predicted octanol–water partition coefficient (Wildman–Crippen LogP) is 2.86. The number of pyridine rings is 1. The van der Waals surface area contributed by atoms with E-state index in [1.54, 1.807) is 0 Å². The quantitative estimate of drug-likeness (QED) is 0.538. The average Bonchev–Trinajstić information content (AvgIpc) is 2.62. The van der Waals surface area contributed by atoms with Crippen molar-refractivity contribution in [2.75, 3.05) is 0 Å². The zero-order valence-electron chi connectivity index (χ0n) is 8.29. The van der Waals surface area contributed by atoms with Gasteiger partial charge in [0, 0.05) is 23.7 Å². The Hall–Kier alpha value is -1.57. The van der Waals surface area contributed by atoms with Crippen molar-refractivity contribution in [2.24, 2.45) is 0 Å². The van der Waals surface area contributed by atoms with Crippen LogP contribution in [0.2, 0.25) is 0 Å². The van der Waals surface area contributed by atoms with Crippen LogP contribution in [0.1, 0.15) is 22.8 Å². The third-order valence-electron chi connectivity index (χ3n) is 2.66. The molecule has 0 N–H and O–H groups in total. The second kappa shape index (κ2) is 2.47. The smallest absolute Gasteiger partial charge is 0.118 e. The van der Waals surface area contributed by atoms with Gasteiger partial charge in [-0.3, -0.25) is 4.98 Å². The molecule has 2 heterocycles. The lowest BCUT2D eigenvalue weighted by Gasteiger charge is -1.98. The molecule has 1 aliphatic rings. The summed E-state index contributed by atoms with van der Waals surface area (Å²) >= 11 is 0. The molecular formula is C12H11NO. The molecule has 0 amide bonds. The van der Waals surface area contributed by atoms with Crippen LogP contribution < -0.4 is 0 Å². The Kier molecular flexibility index (Phi) is 1.38. The molecule has 0 spiro atoms. The Balaban J connectivity index is 2.28. The SMILES string of the molecule is Cc1cnc2c(c1)-c1cc(C)oc1C2. The molecule has 0 aliphatic heterocycles. The molecule has 2 heteroatoms. The van der Waals surface area contributed by atoms with E-state index in [1.807, 2.05) is 13.1 Å². The summed E-state index contributed by atoms with van der Waals surface area (Å²) in [5, 5.41) is 0. The first-order valence-electron chi connectivity index (χ1n) is 4.79. The van der Waals surface area contributed by atoms with Gasteiger partial charge in [0.25, 0.3) is 0 Å². The van der Waals surface area contributed by atoms with Crippen LogP contribution in [0, 0.1) is 13.8 Å². The Morgan fingerprint density at radius 3 is 2.93 bits per heavy atom. The molecule has 0 aromatic carbocycles. The first-order valence-corrected chi connectivity index (χ1v) is 4.79. The maximum absolute atomic E-state index is 5.61. The van der Waals surface area contributed by atoms with Crippen LogP contribution in [0.3, 0.4) is 0 Å². The lowest BCUT2D eigenvalue weighted by Crippen LogP contribution is -1.87. The molecule has 14 heavy (non-hydrogen) atoms. The van der Waals surface area contributed by atoms with Crippen LogP contribution in [-0.4, -0.2) is 4.98 Å². The van der Waals surface area contributed by atoms with Crippen LogP contribution in [0.25, 0.3) is 11.1 Å². The van der Waals surface area contributed by atoms with Gasteiger partial charge in [-0.05, 0) is 31.5 Å². The van der Waals surface area contributed by atoms with Crippen molar-refractivity contribution in [3.05, 3.63) is 41.1 Å². The highest BCUT2D eigenvalue weighted by Crippen LogP contribution is 2.37. The molecule has 0 fully saturated rings. The van der Waals surface area contributed by atoms with Gasteiger partial charge in [0.1, 0.15) is 11.5 Å². The van der Waals surface area contributed by atoms with E-state index in [9.17, 15) is 0 Å². The standard InChI is InChI=1S/C12H11NO/c1-7-3-9-10-4-8(2)14-12(10)5-11(9)13-6-7/h3-4,6H,5H2,1-2H3. The molecule has 0 saturated heterocycles. The number of furan rings is 1. The summed E-state index contributed by atoms with van der Waals surface area (Å²) in [4.78, 5) is 4.42. The second-order valence-electron chi connectivity index (χ2n) is 3.88. The van der Waals surface area contributed by atoms with E-state index < -0.39 is 0 Å². The van der Waals surface area contributed by atoms with Crippen LogP contribution in [0.15, 0.2) is 22.7 Å². The number of fused-ring (bicyclic) bond motifs is 3. The molecule has 70 valence electrons. The van der Waals surface area contributed by atoms with Gasteiger partial charge >= 0.3 is 0 Å². The molecule has 0 saturated carbocycles. The van der Waals surface area contributed by atoms with Gasteiger partial charge in [0.05, 0.1) is 5.69 Å². The minimum Gasteiger partial charge on any atom is -0.465 e. The van der Waals surface area contributed by atoms with Crippen molar-refractivity contribution in [3.63, 3.8) is 0 Å². The van der Waals surface area contributed by atoms with Crippen LogP contribution in [0.5, 0.6) is 0 Å². The first kappa shape index (κ1) is 7.80. The lowest BCUT2D eigenvalue weighted by molar-refractivity contribution is 0.495. The first-order chi connectivity index (χ1) is 6.74. The van der Waals surface area contributed by atoms with E-state index >= 15 is 0 Å². The van der Waals surface area contributed by atoms with Crippen molar-refractivity contribution >= 4 is 0 Å². The van der Waals surface area contributed by atoms with Gasteiger partial charge in [0.2, 0.25) is 0 Å². The Morgan fingerprint density at radius 1 is 1.21 bits per heavy atom. The van der Waals surface area contributed by atoms with E-state index in [-0.39, 0.29) is 0 Å². The number of aryl methyl sites for hydroxylation is 2. The molecule has 0 unspecified atom stereocenters. The molecule has 2 aromatic heterocycles. The highest BCUT2D eigenvalue weighted by Gasteiger charge is 2.23. The van der Waals surface area contributed by atoms with Crippen molar-refractivity contribution in [1.29, 1.82) is 0 Å². The van der Waals surface area contributed by atoms with Crippen LogP contribution >= 0.6 is 0 Å². The number of hydrogen-bond donors (Lipinski definition) is 0. The predicted molar refractivity (Wildman–Crippen MR) is 54.2 cm³/mol. The van der Waals surface area contributed by atoms with E-state index in [0.717, 1.165) is 23.6 Å². The summed E-state index contributed by atoms with van der Waals surface area (Å²) in [5.74, 6) is 2.05. The Bertz CT molecular complexity index is 511. The molecule has 0 radical (unpaired) electrons. The third-order valence-corrected chi connectivity index (χ3v) is 2.66. The van der Waals surface area contributed by atoms with Gasteiger partial charge < -0.3 is 4.42 Å². The normalized spacial score (nSPS) is 12.7. The highest BCUT2D eigenvalue weighted by atomic mass is 16.3. The maximum Gasteiger partial charge on any atom is 0.118 e. The summed E-state index contributed by atoms with van der Waals surface area (Å²) in [7, 11) is 0. The van der Waals surface area contributed by atoms with Crippen LogP contribution in [0.4, 0.5) is 0 Å². The zero-order chi connectivity index (χ0) is 9.71. The number of nitrogens with zero attached hydrogens (tertiary/aromatic N) is 1. The number of rotatable bonds is 0. The Morgan fingerprint density at radius 2 is 2.07 bits per heavy atom. The monoisotopic (exact) mass is 185 g/mol. The largest absolute Gasteiger partial charge is 0.465 e. The molecule has 1 aliphatic carbocycles. The minimum absolute atomic E-state index is 0.846. The van der Waals surface area contributed by atoms with Crippen molar-refractivity contribution in [2.45, 2.75) is 20.3 Å². The van der Waals surface area contributed by atoms with Crippen molar-refractivity contribution in [3.8, 4) is 11.1 Å². The Labute approximate surface area is 82.6 Å². The van der Waals surface area contributed by atoms with Crippen LogP contribution in [-0.2, 0) is 6.42 Å². The fraction of sp³-hybridized carbons (Fsp3) is 0.250. The van der Waals surface area contributed by atoms with Gasteiger partial charge in [0.15, 0.2) is 0 Å². The average molecular weight is 185 g/mol. The summed E-state index contributed by atoms with van der Waals surface area (Å²) in [5.41, 5.74) is 4.82. The molecular weight excluding hydrogens is 174 g/mol. The second-order valence-corrected chi connectivity index (χ2v) is 3.88. The van der Waals surface area contributed by atoms with E-state index in [2.05, 4.69) is 24.0 Å². The topological polar surface area (TPSA) is 26.0 Å². The molecule has 0 bridgehead atoms. The summed E-state index contributed by atoms with van der Waals surface area (Å²) in [6, 6.07) is 4.28. The maximum atomic E-state index is 5.61. The fourth-order valence-electron chi connectivity index (χ4n) is 2.05. The van der Waals surface area contributed by atoms with Gasteiger partial charge in [-0.1, -0.05) is 0 Å². The number of hydrogen-bond acceptors (Lipinski definition) is 2. The summed E-state index contributed by atoms with van der Waals surface area (Å²) in [6.07, 6.45) is 2.76. The van der Waals surface area contributed by atoms with E-state index in [0.29, 0.717) is 0 Å². The van der Waals surface area contributed by atoms with E-state index in [4.69, 9.17) is 4.42 Å². The van der Waals surface area contributed by atoms with E-state index in [1.165, 1.54) is 16.7 Å².